The molecule has 3 N–H and O–H groups in total. The van der Waals surface area contributed by atoms with E-state index >= 15 is 0 Å². The summed E-state index contributed by atoms with van der Waals surface area (Å²) in [5, 5.41) is 4.54. The highest BCUT2D eigenvalue weighted by Gasteiger charge is 2.21. The third-order valence-electron chi connectivity index (χ3n) is 2.25. The summed E-state index contributed by atoms with van der Waals surface area (Å²) in [6.07, 6.45) is 0. The van der Waals surface area contributed by atoms with Gasteiger partial charge >= 0.3 is 0 Å². The van der Waals surface area contributed by atoms with Gasteiger partial charge in [0.05, 0.1) is 12.2 Å². The lowest BCUT2D eigenvalue weighted by molar-refractivity contribution is -0.120. The highest BCUT2D eigenvalue weighted by atomic mass is 32.1. The molecule has 0 aliphatic carbocycles. The molecule has 2 rings (SSSR count). The molecule has 1 aliphatic rings. The van der Waals surface area contributed by atoms with Gasteiger partial charge in [0, 0.05) is 13.1 Å². The number of nitrogens with two attached hydrogens (primary N) is 1. The zero-order chi connectivity index (χ0) is 10.8. The lowest BCUT2D eigenvalue weighted by Gasteiger charge is -2.28. The lowest BCUT2D eigenvalue weighted by atomic mass is 10.3. The van der Waals surface area contributed by atoms with Crippen LogP contribution in [0.5, 0.6) is 0 Å². The van der Waals surface area contributed by atoms with Crippen molar-refractivity contribution < 1.29 is 9.59 Å². The van der Waals surface area contributed by atoms with Crippen molar-refractivity contribution in [2.45, 2.75) is 0 Å². The van der Waals surface area contributed by atoms with E-state index in [1.807, 2.05) is 16.3 Å². The molecule has 1 aliphatic heterocycles. The zero-order valence-corrected chi connectivity index (χ0v) is 8.84. The summed E-state index contributed by atoms with van der Waals surface area (Å²) in [6.45, 7) is 1.60. The molecule has 5 nitrogen and oxygen atoms in total. The first kappa shape index (κ1) is 9.97. The van der Waals surface area contributed by atoms with Gasteiger partial charge in [0.15, 0.2) is 0 Å². The summed E-state index contributed by atoms with van der Waals surface area (Å²) in [5.41, 5.74) is 6.01. The van der Waals surface area contributed by atoms with Gasteiger partial charge in [-0.15, -0.1) is 11.3 Å². The number of anilines is 1. The monoisotopic (exact) mass is 225 g/mol. The van der Waals surface area contributed by atoms with Crippen molar-refractivity contribution in [2.75, 3.05) is 24.5 Å². The number of hydrogen-bond acceptors (Lipinski definition) is 4. The number of thiophene rings is 1. The minimum Gasteiger partial charge on any atom is -0.365 e. The number of hydrogen-bond donors (Lipinski definition) is 2. The molecule has 0 radical (unpaired) electrons. The van der Waals surface area contributed by atoms with Crippen molar-refractivity contribution in [3.8, 4) is 0 Å². The number of rotatable bonds is 2. The topological polar surface area (TPSA) is 75.4 Å². The van der Waals surface area contributed by atoms with Gasteiger partial charge in [-0.05, 0) is 11.4 Å². The molecule has 0 unspecified atom stereocenters. The molecule has 6 heteroatoms. The smallest absolute Gasteiger partial charge is 0.260 e. The van der Waals surface area contributed by atoms with Gasteiger partial charge in [-0.25, -0.2) is 0 Å². The van der Waals surface area contributed by atoms with Gasteiger partial charge < -0.3 is 16.0 Å². The van der Waals surface area contributed by atoms with Crippen molar-refractivity contribution in [1.29, 1.82) is 0 Å². The first-order chi connectivity index (χ1) is 7.18. The van der Waals surface area contributed by atoms with E-state index < -0.39 is 5.91 Å². The van der Waals surface area contributed by atoms with Crippen LogP contribution in [0.1, 0.15) is 9.67 Å². The minimum absolute atomic E-state index is 0.0251. The van der Waals surface area contributed by atoms with Gasteiger partial charge in [0.25, 0.3) is 5.91 Å². The van der Waals surface area contributed by atoms with Crippen LogP contribution in [0.15, 0.2) is 11.4 Å². The van der Waals surface area contributed by atoms with Gasteiger partial charge in [-0.1, -0.05) is 0 Å². The van der Waals surface area contributed by atoms with Crippen LogP contribution in [0, 0.1) is 0 Å². The Morgan fingerprint density at radius 2 is 2.40 bits per heavy atom. The van der Waals surface area contributed by atoms with E-state index in [1.165, 1.54) is 11.3 Å². The summed E-state index contributed by atoms with van der Waals surface area (Å²) in [5.74, 6) is -0.464. The second kappa shape index (κ2) is 3.90. The molecular formula is C9H11N3O2S. The Labute approximate surface area is 90.9 Å². The third kappa shape index (κ3) is 1.94. The third-order valence-corrected chi connectivity index (χ3v) is 3.17. The molecule has 0 spiro atoms. The highest BCUT2D eigenvalue weighted by Crippen LogP contribution is 2.25. The standard InChI is InChI=1S/C9H11N3O2S/c10-9(14)8-6(1-4-15-8)12-3-2-11-7(13)5-12/h1,4H,2-3,5H2,(H2,10,14)(H,11,13). The Bertz CT molecular complexity index is 402. The molecule has 0 bridgehead atoms. The lowest BCUT2D eigenvalue weighted by Crippen LogP contribution is -2.48. The van der Waals surface area contributed by atoms with Crippen molar-refractivity contribution in [2.24, 2.45) is 5.73 Å². The molecule has 0 aromatic carbocycles. The van der Waals surface area contributed by atoms with Crippen LogP contribution in [-0.4, -0.2) is 31.4 Å². The summed E-state index contributed by atoms with van der Waals surface area (Å²) in [4.78, 5) is 24.7. The first-order valence-corrected chi connectivity index (χ1v) is 5.45. The van der Waals surface area contributed by atoms with Crippen molar-refractivity contribution >= 4 is 28.8 Å². The Morgan fingerprint density at radius 3 is 3.07 bits per heavy atom. The molecule has 2 heterocycles. The fourth-order valence-electron chi connectivity index (χ4n) is 1.58. The minimum atomic E-state index is -0.439. The van der Waals surface area contributed by atoms with E-state index in [1.54, 1.807) is 0 Å². The highest BCUT2D eigenvalue weighted by molar-refractivity contribution is 7.12. The second-order valence-corrected chi connectivity index (χ2v) is 4.19. The zero-order valence-electron chi connectivity index (χ0n) is 8.03. The predicted octanol–water partition coefficient (Wildman–Crippen LogP) is -0.217. The molecular weight excluding hydrogens is 214 g/mol. The maximum atomic E-state index is 11.2. The number of carbonyl (C=O) groups excluding carboxylic acids is 2. The van der Waals surface area contributed by atoms with E-state index in [9.17, 15) is 9.59 Å². The summed E-state index contributed by atoms with van der Waals surface area (Å²) in [7, 11) is 0. The van der Waals surface area contributed by atoms with E-state index in [2.05, 4.69) is 5.32 Å². The Kier molecular flexibility index (Phi) is 2.59. The average molecular weight is 225 g/mol. The Balaban J connectivity index is 2.24. The maximum Gasteiger partial charge on any atom is 0.260 e. The fourth-order valence-corrected chi connectivity index (χ4v) is 2.35. The SMILES string of the molecule is NC(=O)c1sccc1N1CCNC(=O)C1. The van der Waals surface area contributed by atoms with E-state index in [-0.39, 0.29) is 12.5 Å². The van der Waals surface area contributed by atoms with Crippen LogP contribution in [0.4, 0.5) is 5.69 Å². The Morgan fingerprint density at radius 1 is 1.60 bits per heavy atom. The Hall–Kier alpha value is -1.56. The molecule has 2 amide bonds. The van der Waals surface area contributed by atoms with Gasteiger partial charge in [-0.2, -0.15) is 0 Å². The van der Waals surface area contributed by atoms with Gasteiger partial charge in [-0.3, -0.25) is 9.59 Å². The number of piperazine rings is 1. The number of primary amides is 1. The number of amides is 2. The predicted molar refractivity (Wildman–Crippen MR) is 58.1 cm³/mol. The summed E-state index contributed by atoms with van der Waals surface area (Å²) >= 11 is 1.30. The van der Waals surface area contributed by atoms with Gasteiger partial charge in [0.2, 0.25) is 5.91 Å². The molecule has 1 saturated heterocycles. The van der Waals surface area contributed by atoms with Crippen LogP contribution < -0.4 is 16.0 Å². The molecule has 1 fully saturated rings. The number of nitrogens with one attached hydrogen (secondary N) is 1. The second-order valence-electron chi connectivity index (χ2n) is 3.27. The van der Waals surface area contributed by atoms with Crippen LogP contribution in [-0.2, 0) is 4.79 Å². The molecule has 0 saturated carbocycles. The number of nitrogens with zero attached hydrogens (tertiary/aromatic N) is 1. The number of carbonyl (C=O) groups is 2. The van der Waals surface area contributed by atoms with Crippen molar-refractivity contribution in [3.05, 3.63) is 16.3 Å². The van der Waals surface area contributed by atoms with Gasteiger partial charge in [0.1, 0.15) is 4.88 Å². The summed E-state index contributed by atoms with van der Waals surface area (Å²) < 4.78 is 0. The molecule has 1 aromatic heterocycles. The largest absolute Gasteiger partial charge is 0.365 e. The average Bonchev–Trinajstić information content (AvgIpc) is 2.65. The normalized spacial score (nSPS) is 16.3. The van der Waals surface area contributed by atoms with Crippen LogP contribution in [0.3, 0.4) is 0 Å². The van der Waals surface area contributed by atoms with Crippen molar-refractivity contribution in [1.82, 2.24) is 5.32 Å². The molecule has 15 heavy (non-hydrogen) atoms. The fraction of sp³-hybridized carbons (Fsp3) is 0.333. The van der Waals surface area contributed by atoms with Crippen LogP contribution >= 0.6 is 11.3 Å². The van der Waals surface area contributed by atoms with Crippen molar-refractivity contribution in [3.63, 3.8) is 0 Å². The molecule has 1 aromatic rings. The first-order valence-electron chi connectivity index (χ1n) is 4.57. The van der Waals surface area contributed by atoms with E-state index in [0.717, 1.165) is 5.69 Å². The van der Waals surface area contributed by atoms with E-state index in [0.29, 0.717) is 18.0 Å². The molecule has 0 atom stereocenters. The molecule has 80 valence electrons. The van der Waals surface area contributed by atoms with Crippen LogP contribution in [0.2, 0.25) is 0 Å². The maximum absolute atomic E-state index is 11.2. The van der Waals surface area contributed by atoms with Crippen LogP contribution in [0.25, 0.3) is 0 Å². The quantitative estimate of drug-likeness (QED) is 0.731. The summed E-state index contributed by atoms with van der Waals surface area (Å²) in [6, 6.07) is 1.82. The van der Waals surface area contributed by atoms with E-state index in [4.69, 9.17) is 5.73 Å².